The SMILES string of the molecule is Brc1ccc(-c2ccc(-c3ccncn3)s2)cc1. The Morgan fingerprint density at radius 3 is 2.39 bits per heavy atom. The highest BCUT2D eigenvalue weighted by atomic mass is 79.9. The number of benzene rings is 1. The van der Waals surface area contributed by atoms with E-state index >= 15 is 0 Å². The minimum absolute atomic E-state index is 0.971. The summed E-state index contributed by atoms with van der Waals surface area (Å²) in [6.45, 7) is 0. The van der Waals surface area contributed by atoms with E-state index in [0.717, 1.165) is 15.0 Å². The molecule has 0 radical (unpaired) electrons. The smallest absolute Gasteiger partial charge is 0.116 e. The molecule has 2 aromatic heterocycles. The Kier molecular flexibility index (Phi) is 3.21. The number of aromatic nitrogens is 2. The minimum atomic E-state index is 0.971. The molecule has 18 heavy (non-hydrogen) atoms. The topological polar surface area (TPSA) is 25.8 Å². The molecular weight excluding hydrogens is 308 g/mol. The number of thiophene rings is 1. The fraction of sp³-hybridized carbons (Fsp3) is 0. The number of rotatable bonds is 2. The zero-order valence-electron chi connectivity index (χ0n) is 9.38. The summed E-state index contributed by atoms with van der Waals surface area (Å²) in [5.41, 5.74) is 2.20. The number of hydrogen-bond donors (Lipinski definition) is 0. The average molecular weight is 317 g/mol. The summed E-state index contributed by atoms with van der Waals surface area (Å²) in [7, 11) is 0. The second kappa shape index (κ2) is 5.00. The first-order valence-corrected chi connectivity index (χ1v) is 7.06. The van der Waals surface area contributed by atoms with Gasteiger partial charge >= 0.3 is 0 Å². The Bertz CT molecular complexity index is 647. The highest BCUT2D eigenvalue weighted by Gasteiger charge is 2.05. The van der Waals surface area contributed by atoms with Crippen LogP contribution in [-0.4, -0.2) is 9.97 Å². The van der Waals surface area contributed by atoms with Gasteiger partial charge in [-0.1, -0.05) is 28.1 Å². The average Bonchev–Trinajstić information content (AvgIpc) is 2.90. The van der Waals surface area contributed by atoms with Crippen molar-refractivity contribution in [3.05, 3.63) is 59.5 Å². The summed E-state index contributed by atoms with van der Waals surface area (Å²) in [5, 5.41) is 0. The Labute approximate surface area is 117 Å². The van der Waals surface area contributed by atoms with Gasteiger partial charge in [-0.15, -0.1) is 11.3 Å². The predicted molar refractivity (Wildman–Crippen MR) is 78.5 cm³/mol. The van der Waals surface area contributed by atoms with Gasteiger partial charge in [0.15, 0.2) is 0 Å². The molecule has 0 unspecified atom stereocenters. The molecule has 0 bridgehead atoms. The van der Waals surface area contributed by atoms with Crippen molar-refractivity contribution in [1.29, 1.82) is 0 Å². The van der Waals surface area contributed by atoms with Crippen LogP contribution in [0.2, 0.25) is 0 Å². The summed E-state index contributed by atoms with van der Waals surface area (Å²) in [6, 6.07) is 14.5. The van der Waals surface area contributed by atoms with Crippen LogP contribution in [0.1, 0.15) is 0 Å². The molecule has 1 aromatic carbocycles. The van der Waals surface area contributed by atoms with Crippen molar-refractivity contribution in [3.8, 4) is 21.0 Å². The molecule has 2 heterocycles. The number of nitrogens with zero attached hydrogens (tertiary/aromatic N) is 2. The van der Waals surface area contributed by atoms with E-state index < -0.39 is 0 Å². The van der Waals surface area contributed by atoms with E-state index in [1.54, 1.807) is 23.9 Å². The van der Waals surface area contributed by atoms with E-state index in [9.17, 15) is 0 Å². The molecule has 0 saturated carbocycles. The molecule has 3 aromatic rings. The molecule has 0 fully saturated rings. The third-order valence-corrected chi connectivity index (χ3v) is 4.25. The molecule has 88 valence electrons. The van der Waals surface area contributed by atoms with Crippen LogP contribution >= 0.6 is 27.3 Å². The molecule has 2 nitrogen and oxygen atoms in total. The fourth-order valence-corrected chi connectivity index (χ4v) is 2.93. The molecule has 4 heteroatoms. The van der Waals surface area contributed by atoms with Gasteiger partial charge in [-0.2, -0.15) is 0 Å². The Morgan fingerprint density at radius 1 is 0.889 bits per heavy atom. The maximum absolute atomic E-state index is 4.26. The second-order valence-electron chi connectivity index (χ2n) is 3.77. The first-order valence-electron chi connectivity index (χ1n) is 5.45. The summed E-state index contributed by atoms with van der Waals surface area (Å²) in [5.74, 6) is 0. The van der Waals surface area contributed by atoms with Crippen LogP contribution in [0.25, 0.3) is 21.0 Å². The summed E-state index contributed by atoms with van der Waals surface area (Å²) in [4.78, 5) is 10.6. The molecule has 0 spiro atoms. The lowest BCUT2D eigenvalue weighted by atomic mass is 10.2. The lowest BCUT2D eigenvalue weighted by Crippen LogP contribution is -1.79. The largest absolute Gasteiger partial charge is 0.245 e. The van der Waals surface area contributed by atoms with E-state index in [-0.39, 0.29) is 0 Å². The molecule has 0 amide bonds. The lowest BCUT2D eigenvalue weighted by Gasteiger charge is -1.97. The van der Waals surface area contributed by atoms with Gasteiger partial charge in [-0.05, 0) is 35.9 Å². The molecule has 3 rings (SSSR count). The molecule has 0 N–H and O–H groups in total. The van der Waals surface area contributed by atoms with Gasteiger partial charge in [0.25, 0.3) is 0 Å². The maximum Gasteiger partial charge on any atom is 0.116 e. The van der Waals surface area contributed by atoms with Crippen LogP contribution in [-0.2, 0) is 0 Å². The van der Waals surface area contributed by atoms with Gasteiger partial charge in [-0.3, -0.25) is 0 Å². The molecule has 0 atom stereocenters. The fourth-order valence-electron chi connectivity index (χ4n) is 1.68. The highest BCUT2D eigenvalue weighted by molar-refractivity contribution is 9.10. The van der Waals surface area contributed by atoms with Crippen LogP contribution in [0.5, 0.6) is 0 Å². The second-order valence-corrected chi connectivity index (χ2v) is 5.76. The van der Waals surface area contributed by atoms with Crippen LogP contribution in [0.4, 0.5) is 0 Å². The number of halogens is 1. The van der Waals surface area contributed by atoms with E-state index in [2.05, 4.69) is 62.3 Å². The first-order chi connectivity index (χ1) is 8.83. The molecule has 0 aliphatic carbocycles. The molecule has 0 aliphatic rings. The van der Waals surface area contributed by atoms with Gasteiger partial charge in [0, 0.05) is 15.5 Å². The minimum Gasteiger partial charge on any atom is -0.245 e. The zero-order valence-corrected chi connectivity index (χ0v) is 11.8. The summed E-state index contributed by atoms with van der Waals surface area (Å²) < 4.78 is 1.10. The third-order valence-electron chi connectivity index (χ3n) is 2.57. The van der Waals surface area contributed by atoms with Crippen molar-refractivity contribution in [2.24, 2.45) is 0 Å². The summed E-state index contributed by atoms with van der Waals surface area (Å²) >= 11 is 5.19. The predicted octanol–water partition coefficient (Wildman–Crippen LogP) is 4.63. The maximum atomic E-state index is 4.26. The highest BCUT2D eigenvalue weighted by Crippen LogP contribution is 2.33. The van der Waals surface area contributed by atoms with E-state index in [1.807, 2.05) is 6.07 Å². The Balaban J connectivity index is 1.97. The summed E-state index contributed by atoms with van der Waals surface area (Å²) in [6.07, 6.45) is 3.34. The third kappa shape index (κ3) is 2.35. The molecular formula is C14H9BrN2S. The van der Waals surface area contributed by atoms with Gasteiger partial charge in [0.1, 0.15) is 6.33 Å². The Hall–Kier alpha value is -1.52. The quantitative estimate of drug-likeness (QED) is 0.688. The van der Waals surface area contributed by atoms with Gasteiger partial charge < -0.3 is 0 Å². The normalized spacial score (nSPS) is 10.5. The van der Waals surface area contributed by atoms with Gasteiger partial charge in [0.2, 0.25) is 0 Å². The van der Waals surface area contributed by atoms with E-state index in [0.29, 0.717) is 0 Å². The van der Waals surface area contributed by atoms with Gasteiger partial charge in [0.05, 0.1) is 10.6 Å². The van der Waals surface area contributed by atoms with Crippen molar-refractivity contribution in [1.82, 2.24) is 9.97 Å². The lowest BCUT2D eigenvalue weighted by molar-refractivity contribution is 1.18. The Morgan fingerprint density at radius 2 is 1.67 bits per heavy atom. The zero-order chi connectivity index (χ0) is 12.4. The van der Waals surface area contributed by atoms with Crippen LogP contribution in [0.15, 0.2) is 59.5 Å². The van der Waals surface area contributed by atoms with Crippen molar-refractivity contribution in [2.75, 3.05) is 0 Å². The van der Waals surface area contributed by atoms with Crippen molar-refractivity contribution in [2.45, 2.75) is 0 Å². The van der Waals surface area contributed by atoms with Crippen LogP contribution in [0.3, 0.4) is 0 Å². The van der Waals surface area contributed by atoms with E-state index in [4.69, 9.17) is 0 Å². The number of hydrogen-bond acceptors (Lipinski definition) is 3. The molecule has 0 aliphatic heterocycles. The van der Waals surface area contributed by atoms with Gasteiger partial charge in [-0.25, -0.2) is 9.97 Å². The molecule has 0 saturated heterocycles. The van der Waals surface area contributed by atoms with Crippen molar-refractivity contribution in [3.63, 3.8) is 0 Å². The monoisotopic (exact) mass is 316 g/mol. The van der Waals surface area contributed by atoms with Crippen molar-refractivity contribution >= 4 is 27.3 Å². The van der Waals surface area contributed by atoms with E-state index in [1.165, 1.54) is 10.4 Å². The van der Waals surface area contributed by atoms with Crippen LogP contribution < -0.4 is 0 Å². The van der Waals surface area contributed by atoms with Crippen molar-refractivity contribution < 1.29 is 0 Å². The first kappa shape index (κ1) is 11.6. The standard InChI is InChI=1S/C14H9BrN2S/c15-11-3-1-10(2-4-11)13-5-6-14(18-13)12-7-8-16-9-17-12/h1-9H. The van der Waals surface area contributed by atoms with Crippen LogP contribution in [0, 0.1) is 0 Å².